The van der Waals surface area contributed by atoms with Crippen LogP contribution in [0.25, 0.3) is 0 Å². The van der Waals surface area contributed by atoms with E-state index in [2.05, 4.69) is 55.3 Å². The van der Waals surface area contributed by atoms with Gasteiger partial charge in [0.1, 0.15) is 0 Å². The Morgan fingerprint density at radius 3 is 2.26 bits per heavy atom. The van der Waals surface area contributed by atoms with Crippen LogP contribution in [0.15, 0.2) is 48.5 Å². The van der Waals surface area contributed by atoms with Crippen LogP contribution in [0, 0.1) is 6.92 Å². The molecule has 0 bridgehead atoms. The predicted octanol–water partition coefficient (Wildman–Crippen LogP) is 4.86. The number of amides is 1. The molecule has 0 spiro atoms. The molecule has 0 aromatic heterocycles. The van der Waals surface area contributed by atoms with Crippen molar-refractivity contribution in [1.82, 2.24) is 10.2 Å². The lowest BCUT2D eigenvalue weighted by molar-refractivity contribution is 0.0937. The molecule has 1 heterocycles. The Kier molecular flexibility index (Phi) is 6.01. The number of carbonyl (C=O) groups excluding carboxylic acids is 1. The van der Waals surface area contributed by atoms with E-state index in [1.807, 2.05) is 31.2 Å². The molecular formula is C24H32N2O. The number of hydrogen-bond donors (Lipinski definition) is 1. The molecule has 0 unspecified atom stereocenters. The number of likely N-dealkylation sites (tertiary alicyclic amines) is 1. The van der Waals surface area contributed by atoms with Gasteiger partial charge >= 0.3 is 0 Å². The Morgan fingerprint density at radius 1 is 1.04 bits per heavy atom. The van der Waals surface area contributed by atoms with Crippen LogP contribution < -0.4 is 5.32 Å². The fourth-order valence-corrected chi connectivity index (χ4v) is 3.83. The van der Waals surface area contributed by atoms with Gasteiger partial charge in [-0.1, -0.05) is 63.2 Å². The summed E-state index contributed by atoms with van der Waals surface area (Å²) < 4.78 is 0. The molecule has 27 heavy (non-hydrogen) atoms. The molecule has 1 fully saturated rings. The average Bonchev–Trinajstić information content (AvgIpc) is 3.16. The van der Waals surface area contributed by atoms with Crippen molar-refractivity contribution in [2.75, 3.05) is 19.6 Å². The summed E-state index contributed by atoms with van der Waals surface area (Å²) in [7, 11) is 0. The standard InChI is InChI=1S/C24H32N2O/c1-18-9-5-6-10-21(18)23(27)25-17-22(26-15-7-8-16-26)19-11-13-20(14-12-19)24(2,3)4/h5-6,9-14,22H,7-8,15-17H2,1-4H3,(H,25,27)/t22-/m0/s1. The first kappa shape index (κ1) is 19.6. The molecule has 1 atom stereocenters. The van der Waals surface area contributed by atoms with E-state index in [-0.39, 0.29) is 17.4 Å². The molecule has 3 heteroatoms. The lowest BCUT2D eigenvalue weighted by atomic mass is 9.86. The van der Waals surface area contributed by atoms with Crippen molar-refractivity contribution in [1.29, 1.82) is 0 Å². The van der Waals surface area contributed by atoms with Gasteiger partial charge in [-0.05, 0) is 61.0 Å². The van der Waals surface area contributed by atoms with Crippen LogP contribution in [0.1, 0.15) is 66.7 Å². The summed E-state index contributed by atoms with van der Waals surface area (Å²) in [4.78, 5) is 15.2. The second kappa shape index (κ2) is 8.26. The van der Waals surface area contributed by atoms with Crippen molar-refractivity contribution >= 4 is 5.91 Å². The minimum absolute atomic E-state index is 0.0172. The molecule has 1 amide bonds. The smallest absolute Gasteiger partial charge is 0.251 e. The molecule has 2 aromatic rings. The SMILES string of the molecule is Cc1ccccc1C(=O)NC[C@@H](c1ccc(C(C)(C)C)cc1)N1CCCC1. The van der Waals surface area contributed by atoms with Crippen LogP contribution in [0.4, 0.5) is 0 Å². The minimum Gasteiger partial charge on any atom is -0.350 e. The van der Waals surface area contributed by atoms with Gasteiger partial charge in [-0.2, -0.15) is 0 Å². The normalized spacial score (nSPS) is 16.3. The molecule has 144 valence electrons. The van der Waals surface area contributed by atoms with Crippen LogP contribution >= 0.6 is 0 Å². The van der Waals surface area contributed by atoms with Crippen molar-refractivity contribution in [3.05, 3.63) is 70.8 Å². The third kappa shape index (κ3) is 4.78. The first-order chi connectivity index (χ1) is 12.9. The third-order valence-electron chi connectivity index (χ3n) is 5.59. The number of nitrogens with one attached hydrogen (secondary N) is 1. The summed E-state index contributed by atoms with van der Waals surface area (Å²) in [6, 6.07) is 17.0. The van der Waals surface area contributed by atoms with Gasteiger partial charge in [-0.25, -0.2) is 0 Å². The van der Waals surface area contributed by atoms with Crippen LogP contribution in [0.3, 0.4) is 0 Å². The van der Waals surface area contributed by atoms with E-state index in [0.717, 1.165) is 24.2 Å². The fourth-order valence-electron chi connectivity index (χ4n) is 3.83. The maximum atomic E-state index is 12.7. The zero-order valence-electron chi connectivity index (χ0n) is 17.1. The van der Waals surface area contributed by atoms with Gasteiger partial charge in [0.15, 0.2) is 0 Å². The first-order valence-corrected chi connectivity index (χ1v) is 10.0. The Balaban J connectivity index is 1.76. The van der Waals surface area contributed by atoms with Gasteiger partial charge < -0.3 is 5.32 Å². The molecule has 1 saturated heterocycles. The van der Waals surface area contributed by atoms with Crippen molar-refractivity contribution in [2.24, 2.45) is 0 Å². The molecule has 3 rings (SSSR count). The largest absolute Gasteiger partial charge is 0.350 e. The van der Waals surface area contributed by atoms with E-state index in [1.54, 1.807) is 0 Å². The molecule has 0 aliphatic carbocycles. The Bertz CT molecular complexity index is 768. The maximum absolute atomic E-state index is 12.7. The van der Waals surface area contributed by atoms with Crippen molar-refractivity contribution < 1.29 is 4.79 Å². The zero-order chi connectivity index (χ0) is 19.4. The summed E-state index contributed by atoms with van der Waals surface area (Å²) >= 11 is 0. The fraction of sp³-hybridized carbons (Fsp3) is 0.458. The van der Waals surface area contributed by atoms with E-state index in [9.17, 15) is 4.79 Å². The minimum atomic E-state index is 0.0172. The number of aryl methyl sites for hydroxylation is 1. The first-order valence-electron chi connectivity index (χ1n) is 10.0. The Morgan fingerprint density at radius 2 is 1.67 bits per heavy atom. The van der Waals surface area contributed by atoms with Crippen LogP contribution in [0.5, 0.6) is 0 Å². The molecular weight excluding hydrogens is 332 g/mol. The molecule has 0 saturated carbocycles. The second-order valence-electron chi connectivity index (χ2n) is 8.66. The summed E-state index contributed by atoms with van der Waals surface area (Å²) in [5.41, 5.74) is 4.56. The zero-order valence-corrected chi connectivity index (χ0v) is 17.1. The highest BCUT2D eigenvalue weighted by Gasteiger charge is 2.25. The van der Waals surface area contributed by atoms with Crippen LogP contribution in [0.2, 0.25) is 0 Å². The molecule has 1 aliphatic rings. The molecule has 0 radical (unpaired) electrons. The molecule has 1 N–H and O–H groups in total. The Hall–Kier alpha value is -2.13. The van der Waals surface area contributed by atoms with Crippen molar-refractivity contribution in [3.63, 3.8) is 0 Å². The van der Waals surface area contributed by atoms with E-state index >= 15 is 0 Å². The number of hydrogen-bond acceptors (Lipinski definition) is 2. The highest BCUT2D eigenvalue weighted by Crippen LogP contribution is 2.28. The van der Waals surface area contributed by atoms with E-state index in [1.165, 1.54) is 24.0 Å². The summed E-state index contributed by atoms with van der Waals surface area (Å²) in [5.74, 6) is 0.0172. The molecule has 1 aliphatic heterocycles. The number of rotatable bonds is 5. The van der Waals surface area contributed by atoms with Crippen LogP contribution in [-0.2, 0) is 5.41 Å². The van der Waals surface area contributed by atoms with Crippen molar-refractivity contribution in [3.8, 4) is 0 Å². The highest BCUT2D eigenvalue weighted by molar-refractivity contribution is 5.95. The molecule has 2 aromatic carbocycles. The predicted molar refractivity (Wildman–Crippen MR) is 112 cm³/mol. The summed E-state index contributed by atoms with van der Waals surface area (Å²) in [6.07, 6.45) is 2.48. The van der Waals surface area contributed by atoms with Gasteiger partial charge in [0.2, 0.25) is 0 Å². The van der Waals surface area contributed by atoms with Crippen LogP contribution in [-0.4, -0.2) is 30.4 Å². The van der Waals surface area contributed by atoms with E-state index < -0.39 is 0 Å². The lowest BCUT2D eigenvalue weighted by Gasteiger charge is -2.29. The maximum Gasteiger partial charge on any atom is 0.251 e. The topological polar surface area (TPSA) is 32.3 Å². The monoisotopic (exact) mass is 364 g/mol. The Labute approximate surface area is 163 Å². The quantitative estimate of drug-likeness (QED) is 0.822. The van der Waals surface area contributed by atoms with Crippen molar-refractivity contribution in [2.45, 2.75) is 52.0 Å². The van der Waals surface area contributed by atoms with E-state index in [0.29, 0.717) is 6.54 Å². The number of nitrogens with zero attached hydrogens (tertiary/aromatic N) is 1. The number of benzene rings is 2. The van der Waals surface area contributed by atoms with Gasteiger partial charge in [0, 0.05) is 12.1 Å². The summed E-state index contributed by atoms with van der Waals surface area (Å²) in [5, 5.41) is 3.18. The average molecular weight is 365 g/mol. The summed E-state index contributed by atoms with van der Waals surface area (Å²) in [6.45, 7) is 11.5. The third-order valence-corrected chi connectivity index (χ3v) is 5.59. The van der Waals surface area contributed by atoms with Gasteiger partial charge in [-0.3, -0.25) is 9.69 Å². The number of carbonyl (C=O) groups is 1. The molecule has 3 nitrogen and oxygen atoms in total. The second-order valence-corrected chi connectivity index (χ2v) is 8.66. The van der Waals surface area contributed by atoms with Gasteiger partial charge in [0.05, 0.1) is 6.04 Å². The lowest BCUT2D eigenvalue weighted by Crippen LogP contribution is -2.37. The van der Waals surface area contributed by atoms with E-state index in [4.69, 9.17) is 0 Å². The van der Waals surface area contributed by atoms with Gasteiger partial charge in [0.25, 0.3) is 5.91 Å². The highest BCUT2D eigenvalue weighted by atomic mass is 16.1. The van der Waals surface area contributed by atoms with Gasteiger partial charge in [-0.15, -0.1) is 0 Å².